The Balaban J connectivity index is 1.39. The van der Waals surface area contributed by atoms with E-state index in [0.29, 0.717) is 11.4 Å². The summed E-state index contributed by atoms with van der Waals surface area (Å²) in [6, 6.07) is 5.57. The molecule has 1 aliphatic heterocycles. The van der Waals surface area contributed by atoms with Crippen molar-refractivity contribution in [2.75, 3.05) is 6.61 Å². The first-order valence-corrected chi connectivity index (χ1v) is 9.19. The summed E-state index contributed by atoms with van der Waals surface area (Å²) in [5, 5.41) is 10.8. The number of pyridine rings is 1. The van der Waals surface area contributed by atoms with Crippen molar-refractivity contribution in [3.8, 4) is 16.6 Å². The van der Waals surface area contributed by atoms with Crippen molar-refractivity contribution in [1.29, 1.82) is 0 Å². The van der Waals surface area contributed by atoms with Gasteiger partial charge in [0, 0.05) is 16.1 Å². The summed E-state index contributed by atoms with van der Waals surface area (Å²) in [6.45, 7) is 0.773. The van der Waals surface area contributed by atoms with E-state index in [4.69, 9.17) is 9.47 Å². The second kappa shape index (κ2) is 7.44. The van der Waals surface area contributed by atoms with Gasteiger partial charge in [-0.3, -0.25) is 9.55 Å². The van der Waals surface area contributed by atoms with Gasteiger partial charge in [0.25, 0.3) is 0 Å². The van der Waals surface area contributed by atoms with Crippen molar-refractivity contribution < 1.29 is 27.6 Å². The molecule has 0 radical (unpaired) electrons. The Morgan fingerprint density at radius 2 is 2.21 bits per heavy atom. The molecule has 4 rings (SSSR count). The zero-order chi connectivity index (χ0) is 20.6. The lowest BCUT2D eigenvalue weighted by molar-refractivity contribution is -0.389. The molecular formula is C17H13F3N4O4S. The van der Waals surface area contributed by atoms with Crippen LogP contribution < -0.4 is 4.74 Å². The van der Waals surface area contributed by atoms with Crippen LogP contribution in [0, 0.1) is 10.1 Å². The number of nitro groups is 1. The van der Waals surface area contributed by atoms with Gasteiger partial charge in [-0.1, -0.05) is 0 Å². The molecule has 0 saturated carbocycles. The normalized spacial score (nSPS) is 16.3. The fourth-order valence-corrected chi connectivity index (χ4v) is 3.69. The van der Waals surface area contributed by atoms with E-state index >= 15 is 0 Å². The maximum Gasteiger partial charge on any atom is 0.416 e. The molecular weight excluding hydrogens is 413 g/mol. The number of fused-ring (bicyclic) bond motifs is 1. The van der Waals surface area contributed by atoms with E-state index in [2.05, 4.69) is 9.97 Å². The third kappa shape index (κ3) is 4.22. The summed E-state index contributed by atoms with van der Waals surface area (Å²) in [6.07, 6.45) is -2.35. The second-order valence-electron chi connectivity index (χ2n) is 6.23. The van der Waals surface area contributed by atoms with E-state index in [0.717, 1.165) is 23.2 Å². The van der Waals surface area contributed by atoms with Gasteiger partial charge in [-0.2, -0.15) is 13.2 Å². The van der Waals surface area contributed by atoms with Crippen molar-refractivity contribution in [1.82, 2.24) is 14.5 Å². The number of nitrogens with zero attached hydrogens (tertiary/aromatic N) is 4. The monoisotopic (exact) mass is 426 g/mol. The predicted octanol–water partition coefficient (Wildman–Crippen LogP) is 3.91. The van der Waals surface area contributed by atoms with Gasteiger partial charge in [0.05, 0.1) is 29.3 Å². The number of aromatic nitrogens is 3. The summed E-state index contributed by atoms with van der Waals surface area (Å²) in [7, 11) is 0. The number of halogens is 3. The number of hydrogen-bond acceptors (Lipinski definition) is 7. The molecule has 4 heterocycles. The standard InChI is InChI=1S/C17H13F3N4O4S/c18-17(19,20)10-3-4-21-13(5-10)14-2-1-12(29-14)9-27-11-6-23-7-15(24(25)26)22-16(23)28-8-11/h1-5,7,11H,6,8-9H2/t11-/m0/s1. The van der Waals surface area contributed by atoms with Gasteiger partial charge in [0.1, 0.15) is 18.9 Å². The molecule has 29 heavy (non-hydrogen) atoms. The molecule has 0 unspecified atom stereocenters. The maximum atomic E-state index is 12.9. The van der Waals surface area contributed by atoms with Crippen LogP contribution in [0.25, 0.3) is 10.6 Å². The second-order valence-corrected chi connectivity index (χ2v) is 7.40. The Hall–Kier alpha value is -2.99. The Bertz CT molecular complexity index is 1050. The van der Waals surface area contributed by atoms with Gasteiger partial charge in [0.15, 0.2) is 0 Å². The largest absolute Gasteiger partial charge is 0.443 e. The number of alkyl halides is 3. The average molecular weight is 426 g/mol. The van der Waals surface area contributed by atoms with E-state index in [1.807, 2.05) is 0 Å². The van der Waals surface area contributed by atoms with Gasteiger partial charge >= 0.3 is 18.0 Å². The third-order valence-corrected chi connectivity index (χ3v) is 5.26. The molecule has 0 aliphatic carbocycles. The molecule has 0 fully saturated rings. The molecule has 0 bridgehead atoms. The van der Waals surface area contributed by atoms with Gasteiger partial charge in [-0.25, -0.2) is 0 Å². The van der Waals surface area contributed by atoms with Gasteiger partial charge < -0.3 is 19.6 Å². The summed E-state index contributed by atoms with van der Waals surface area (Å²) < 4.78 is 51.3. The van der Waals surface area contributed by atoms with E-state index in [9.17, 15) is 23.3 Å². The first-order chi connectivity index (χ1) is 13.8. The lowest BCUT2D eigenvalue weighted by Crippen LogP contribution is -2.32. The van der Waals surface area contributed by atoms with E-state index in [1.165, 1.54) is 22.1 Å². The van der Waals surface area contributed by atoms with Crippen LogP contribution >= 0.6 is 11.3 Å². The quantitative estimate of drug-likeness (QED) is 0.454. The highest BCUT2D eigenvalue weighted by molar-refractivity contribution is 7.15. The first kappa shape index (κ1) is 19.3. The Labute approximate surface area is 165 Å². The van der Waals surface area contributed by atoms with Crippen molar-refractivity contribution in [3.63, 3.8) is 0 Å². The first-order valence-electron chi connectivity index (χ1n) is 8.38. The topological polar surface area (TPSA) is 92.3 Å². The minimum atomic E-state index is -4.43. The van der Waals surface area contributed by atoms with Crippen LogP contribution in [0.2, 0.25) is 0 Å². The van der Waals surface area contributed by atoms with E-state index < -0.39 is 16.7 Å². The molecule has 1 aliphatic rings. The van der Waals surface area contributed by atoms with Crippen LogP contribution in [-0.4, -0.2) is 32.2 Å². The highest BCUT2D eigenvalue weighted by atomic mass is 32.1. The Morgan fingerprint density at radius 1 is 1.38 bits per heavy atom. The highest BCUT2D eigenvalue weighted by Gasteiger charge is 2.31. The lowest BCUT2D eigenvalue weighted by atomic mass is 10.2. The lowest BCUT2D eigenvalue weighted by Gasteiger charge is -2.22. The van der Waals surface area contributed by atoms with Crippen LogP contribution in [0.5, 0.6) is 6.01 Å². The van der Waals surface area contributed by atoms with Crippen molar-refractivity contribution in [3.05, 3.63) is 57.2 Å². The summed E-state index contributed by atoms with van der Waals surface area (Å²) in [4.78, 5) is 19.4. The van der Waals surface area contributed by atoms with Gasteiger partial charge in [0.2, 0.25) is 0 Å². The molecule has 3 aromatic heterocycles. The molecule has 152 valence electrons. The number of hydrogen-bond donors (Lipinski definition) is 0. The average Bonchev–Trinajstić information content (AvgIpc) is 3.32. The van der Waals surface area contributed by atoms with E-state index in [-0.39, 0.29) is 36.8 Å². The van der Waals surface area contributed by atoms with Crippen LogP contribution in [0.15, 0.2) is 36.7 Å². The number of imidazole rings is 1. The van der Waals surface area contributed by atoms with Gasteiger partial charge in [-0.15, -0.1) is 11.3 Å². The Kier molecular flexibility index (Phi) is 4.96. The molecule has 3 aromatic rings. The highest BCUT2D eigenvalue weighted by Crippen LogP contribution is 2.33. The number of thiophene rings is 1. The van der Waals surface area contributed by atoms with Crippen molar-refractivity contribution in [2.45, 2.75) is 25.4 Å². The SMILES string of the molecule is O=[N+]([O-])c1cn2c(n1)OC[C@@H](OCc1ccc(-c3cc(C(F)(F)F)ccn3)s1)C2. The molecule has 8 nitrogen and oxygen atoms in total. The van der Waals surface area contributed by atoms with Crippen LogP contribution in [-0.2, 0) is 24.1 Å². The molecule has 1 atom stereocenters. The summed E-state index contributed by atoms with van der Waals surface area (Å²) in [5.41, 5.74) is -0.509. The molecule has 0 spiro atoms. The third-order valence-electron chi connectivity index (χ3n) is 4.18. The number of ether oxygens (including phenoxy) is 2. The minimum Gasteiger partial charge on any atom is -0.443 e. The maximum absolute atomic E-state index is 12.9. The fraction of sp³-hybridized carbons (Fsp3) is 0.294. The smallest absolute Gasteiger partial charge is 0.416 e. The summed E-state index contributed by atoms with van der Waals surface area (Å²) in [5.74, 6) is -0.294. The zero-order valence-corrected chi connectivity index (χ0v) is 15.4. The predicted molar refractivity (Wildman–Crippen MR) is 95.5 cm³/mol. The van der Waals surface area contributed by atoms with Crippen LogP contribution in [0.4, 0.5) is 19.0 Å². The molecule has 12 heteroatoms. The van der Waals surface area contributed by atoms with Crippen molar-refractivity contribution >= 4 is 17.2 Å². The van der Waals surface area contributed by atoms with E-state index in [1.54, 1.807) is 12.1 Å². The summed E-state index contributed by atoms with van der Waals surface area (Å²) >= 11 is 1.28. The zero-order valence-electron chi connectivity index (χ0n) is 14.6. The number of rotatable bonds is 5. The van der Waals surface area contributed by atoms with Crippen LogP contribution in [0.3, 0.4) is 0 Å². The van der Waals surface area contributed by atoms with Crippen LogP contribution in [0.1, 0.15) is 10.4 Å². The Morgan fingerprint density at radius 3 is 2.97 bits per heavy atom. The molecule has 0 N–H and O–H groups in total. The fourth-order valence-electron chi connectivity index (χ4n) is 2.79. The van der Waals surface area contributed by atoms with Crippen molar-refractivity contribution in [2.24, 2.45) is 0 Å². The minimum absolute atomic E-state index is 0.172. The van der Waals surface area contributed by atoms with Gasteiger partial charge in [-0.05, 0) is 29.2 Å². The molecule has 0 amide bonds. The molecule has 0 aromatic carbocycles. The molecule has 0 saturated heterocycles.